The van der Waals surface area contributed by atoms with Crippen LogP contribution in [0.2, 0.25) is 0 Å². The van der Waals surface area contributed by atoms with Crippen LogP contribution in [0.3, 0.4) is 0 Å². The highest BCUT2D eigenvalue weighted by Crippen LogP contribution is 2.28. The van der Waals surface area contributed by atoms with Gasteiger partial charge in [0.15, 0.2) is 0 Å². The molecule has 1 amide bonds. The van der Waals surface area contributed by atoms with Gasteiger partial charge >= 0.3 is 0 Å². The van der Waals surface area contributed by atoms with Crippen molar-refractivity contribution in [2.24, 2.45) is 5.92 Å². The minimum atomic E-state index is -0.0831. The maximum Gasteiger partial charge on any atom is 0.224 e. The highest BCUT2D eigenvalue weighted by atomic mass is 16.3. The van der Waals surface area contributed by atoms with E-state index in [4.69, 9.17) is 0 Å². The third kappa shape index (κ3) is 4.31. The molecule has 1 aromatic rings. The van der Waals surface area contributed by atoms with Crippen LogP contribution in [0, 0.1) is 5.92 Å². The number of hydrogen-bond donors (Lipinski definition) is 2. The third-order valence-electron chi connectivity index (χ3n) is 3.85. The SMILES string of the molecule is O=C(CCCC1CCCC1)Nc1cnccc1CO. The Labute approximate surface area is 114 Å². The first-order valence-corrected chi connectivity index (χ1v) is 7.13. The maximum absolute atomic E-state index is 11.8. The molecule has 1 aliphatic carbocycles. The average molecular weight is 262 g/mol. The Morgan fingerprint density at radius 3 is 2.95 bits per heavy atom. The van der Waals surface area contributed by atoms with Gasteiger partial charge in [-0.2, -0.15) is 0 Å². The largest absolute Gasteiger partial charge is 0.392 e. The number of amides is 1. The molecular weight excluding hydrogens is 240 g/mol. The molecule has 1 heterocycles. The highest BCUT2D eigenvalue weighted by Gasteiger charge is 2.15. The summed E-state index contributed by atoms with van der Waals surface area (Å²) in [6.45, 7) is -0.0831. The second-order valence-corrected chi connectivity index (χ2v) is 5.28. The molecule has 1 saturated carbocycles. The van der Waals surface area contributed by atoms with Gasteiger partial charge in [-0.1, -0.05) is 25.7 Å². The van der Waals surface area contributed by atoms with Crippen molar-refractivity contribution in [3.8, 4) is 0 Å². The Hall–Kier alpha value is -1.42. The Morgan fingerprint density at radius 1 is 1.42 bits per heavy atom. The summed E-state index contributed by atoms with van der Waals surface area (Å²) in [7, 11) is 0. The quantitative estimate of drug-likeness (QED) is 0.828. The number of aromatic nitrogens is 1. The molecular formula is C15H22N2O2. The molecule has 2 rings (SSSR count). The van der Waals surface area contributed by atoms with Crippen LogP contribution in [0.5, 0.6) is 0 Å². The van der Waals surface area contributed by atoms with Crippen molar-refractivity contribution in [2.75, 3.05) is 5.32 Å². The third-order valence-corrected chi connectivity index (χ3v) is 3.85. The molecule has 4 heteroatoms. The smallest absolute Gasteiger partial charge is 0.224 e. The van der Waals surface area contributed by atoms with Crippen LogP contribution < -0.4 is 5.32 Å². The number of nitrogens with one attached hydrogen (secondary N) is 1. The Kier molecular flexibility index (Phi) is 5.33. The summed E-state index contributed by atoms with van der Waals surface area (Å²) >= 11 is 0. The molecule has 2 N–H and O–H groups in total. The van der Waals surface area contributed by atoms with Gasteiger partial charge in [-0.15, -0.1) is 0 Å². The number of anilines is 1. The number of pyridine rings is 1. The zero-order chi connectivity index (χ0) is 13.5. The number of hydrogen-bond acceptors (Lipinski definition) is 3. The molecule has 1 aliphatic rings. The van der Waals surface area contributed by atoms with E-state index in [9.17, 15) is 9.90 Å². The second-order valence-electron chi connectivity index (χ2n) is 5.28. The van der Waals surface area contributed by atoms with Crippen molar-refractivity contribution >= 4 is 11.6 Å². The zero-order valence-electron chi connectivity index (χ0n) is 11.3. The van der Waals surface area contributed by atoms with Crippen LogP contribution in [-0.2, 0) is 11.4 Å². The molecule has 104 valence electrons. The van der Waals surface area contributed by atoms with E-state index < -0.39 is 0 Å². The lowest BCUT2D eigenvalue weighted by atomic mass is 10.0. The van der Waals surface area contributed by atoms with Gasteiger partial charge in [0.05, 0.1) is 18.5 Å². The molecule has 0 aromatic carbocycles. The Morgan fingerprint density at radius 2 is 2.21 bits per heavy atom. The van der Waals surface area contributed by atoms with E-state index in [1.54, 1.807) is 18.5 Å². The minimum absolute atomic E-state index is 0.0145. The molecule has 0 bridgehead atoms. The van der Waals surface area contributed by atoms with E-state index in [0.29, 0.717) is 17.7 Å². The lowest BCUT2D eigenvalue weighted by Crippen LogP contribution is -2.13. The van der Waals surface area contributed by atoms with Gasteiger partial charge in [0.1, 0.15) is 0 Å². The molecule has 0 spiro atoms. The summed E-state index contributed by atoms with van der Waals surface area (Å²) in [6, 6.07) is 1.72. The van der Waals surface area contributed by atoms with Crippen LogP contribution in [0.15, 0.2) is 18.5 Å². The Bertz CT molecular complexity index is 414. The molecule has 0 atom stereocenters. The lowest BCUT2D eigenvalue weighted by Gasteiger charge is -2.10. The van der Waals surface area contributed by atoms with Crippen LogP contribution in [-0.4, -0.2) is 16.0 Å². The number of aliphatic hydroxyl groups is 1. The first-order valence-electron chi connectivity index (χ1n) is 7.13. The summed E-state index contributed by atoms with van der Waals surface area (Å²) in [4.78, 5) is 15.8. The minimum Gasteiger partial charge on any atom is -0.392 e. The van der Waals surface area contributed by atoms with E-state index in [0.717, 1.165) is 18.8 Å². The normalized spacial score (nSPS) is 15.6. The maximum atomic E-state index is 11.8. The zero-order valence-corrected chi connectivity index (χ0v) is 11.3. The number of aliphatic hydroxyl groups excluding tert-OH is 1. The standard InChI is InChI=1S/C15H22N2O2/c18-11-13-8-9-16-10-14(13)17-15(19)7-3-6-12-4-1-2-5-12/h8-10,12,18H,1-7,11H2,(H,17,19). The van der Waals surface area contributed by atoms with Crippen molar-refractivity contribution < 1.29 is 9.90 Å². The monoisotopic (exact) mass is 262 g/mol. The van der Waals surface area contributed by atoms with Crippen LogP contribution in [0.4, 0.5) is 5.69 Å². The first kappa shape index (κ1) is 14.0. The van der Waals surface area contributed by atoms with Crippen molar-refractivity contribution in [3.63, 3.8) is 0 Å². The van der Waals surface area contributed by atoms with Crippen molar-refractivity contribution in [3.05, 3.63) is 24.0 Å². The van der Waals surface area contributed by atoms with Crippen LogP contribution in [0.1, 0.15) is 50.5 Å². The summed E-state index contributed by atoms with van der Waals surface area (Å²) in [5.74, 6) is 0.847. The van der Waals surface area contributed by atoms with Crippen molar-refractivity contribution in [2.45, 2.75) is 51.6 Å². The number of carbonyl (C=O) groups is 1. The highest BCUT2D eigenvalue weighted by molar-refractivity contribution is 5.91. The van der Waals surface area contributed by atoms with Gasteiger partial charge in [0.2, 0.25) is 5.91 Å². The molecule has 0 radical (unpaired) electrons. The van der Waals surface area contributed by atoms with Gasteiger partial charge in [-0.05, 0) is 24.8 Å². The molecule has 1 aromatic heterocycles. The van der Waals surface area contributed by atoms with Crippen molar-refractivity contribution in [1.82, 2.24) is 4.98 Å². The fourth-order valence-corrected chi connectivity index (χ4v) is 2.74. The molecule has 0 saturated heterocycles. The van der Waals surface area contributed by atoms with E-state index in [1.165, 1.54) is 25.7 Å². The molecule has 0 unspecified atom stereocenters. The summed E-state index contributed by atoms with van der Waals surface area (Å²) < 4.78 is 0. The average Bonchev–Trinajstić information content (AvgIpc) is 2.92. The fourth-order valence-electron chi connectivity index (χ4n) is 2.74. The lowest BCUT2D eigenvalue weighted by molar-refractivity contribution is -0.116. The van der Waals surface area contributed by atoms with Gasteiger partial charge in [-0.3, -0.25) is 9.78 Å². The van der Waals surface area contributed by atoms with Crippen LogP contribution in [0.25, 0.3) is 0 Å². The molecule has 19 heavy (non-hydrogen) atoms. The predicted molar refractivity (Wildman–Crippen MR) is 74.6 cm³/mol. The van der Waals surface area contributed by atoms with Gasteiger partial charge in [0.25, 0.3) is 0 Å². The Balaban J connectivity index is 1.74. The van der Waals surface area contributed by atoms with Crippen LogP contribution >= 0.6 is 0 Å². The predicted octanol–water partition coefficient (Wildman–Crippen LogP) is 2.87. The van der Waals surface area contributed by atoms with E-state index in [-0.39, 0.29) is 12.5 Å². The van der Waals surface area contributed by atoms with E-state index in [1.807, 2.05) is 0 Å². The van der Waals surface area contributed by atoms with Gasteiger partial charge in [0, 0.05) is 18.2 Å². The summed E-state index contributed by atoms with van der Waals surface area (Å²) in [5, 5.41) is 12.0. The fraction of sp³-hybridized carbons (Fsp3) is 0.600. The molecule has 4 nitrogen and oxygen atoms in total. The number of rotatable bonds is 6. The summed E-state index contributed by atoms with van der Waals surface area (Å²) in [5.41, 5.74) is 1.33. The van der Waals surface area contributed by atoms with E-state index in [2.05, 4.69) is 10.3 Å². The number of nitrogens with zero attached hydrogens (tertiary/aromatic N) is 1. The first-order chi connectivity index (χ1) is 9.29. The van der Waals surface area contributed by atoms with Gasteiger partial charge < -0.3 is 10.4 Å². The molecule has 0 aliphatic heterocycles. The molecule has 1 fully saturated rings. The number of carbonyl (C=O) groups excluding carboxylic acids is 1. The van der Waals surface area contributed by atoms with E-state index >= 15 is 0 Å². The summed E-state index contributed by atoms with van der Waals surface area (Å²) in [6.07, 6.45) is 11.2. The van der Waals surface area contributed by atoms with Gasteiger partial charge in [-0.25, -0.2) is 0 Å². The van der Waals surface area contributed by atoms with Crippen molar-refractivity contribution in [1.29, 1.82) is 0 Å². The topological polar surface area (TPSA) is 62.2 Å². The second kappa shape index (κ2) is 7.24.